The number of amides is 1. The molecule has 2 atom stereocenters. The Morgan fingerprint density at radius 2 is 2.00 bits per heavy atom. The van der Waals surface area contributed by atoms with E-state index in [4.69, 9.17) is 11.6 Å². The number of alkyl halides is 3. The smallest absolute Gasteiger partial charge is 0.349 e. The minimum atomic E-state index is -4.37. The van der Waals surface area contributed by atoms with Crippen molar-refractivity contribution in [2.75, 3.05) is 0 Å². The number of hydrogen-bond donors (Lipinski definition) is 1. The van der Waals surface area contributed by atoms with Gasteiger partial charge in [-0.15, -0.1) is 0 Å². The molecule has 0 aliphatic heterocycles. The molecule has 0 bridgehead atoms. The van der Waals surface area contributed by atoms with E-state index in [1.807, 2.05) is 0 Å². The molecule has 0 aromatic carbocycles. The van der Waals surface area contributed by atoms with Crippen molar-refractivity contribution in [1.82, 2.24) is 10.3 Å². The Labute approximate surface area is 123 Å². The van der Waals surface area contributed by atoms with Crippen LogP contribution in [0, 0.1) is 11.7 Å². The zero-order valence-electron chi connectivity index (χ0n) is 10.9. The summed E-state index contributed by atoms with van der Waals surface area (Å²) in [4.78, 5) is 15.5. The lowest BCUT2D eigenvalue weighted by Crippen LogP contribution is -2.47. The highest BCUT2D eigenvalue weighted by atomic mass is 35.5. The van der Waals surface area contributed by atoms with E-state index in [1.165, 1.54) is 0 Å². The Morgan fingerprint density at radius 3 is 2.67 bits per heavy atom. The van der Waals surface area contributed by atoms with E-state index < -0.39 is 29.9 Å². The summed E-state index contributed by atoms with van der Waals surface area (Å²) in [7, 11) is 0. The highest BCUT2D eigenvalue weighted by molar-refractivity contribution is 6.32. The molecule has 2 rings (SSSR count). The maximum Gasteiger partial charge on any atom is 0.393 e. The van der Waals surface area contributed by atoms with Crippen LogP contribution in [0.3, 0.4) is 0 Å². The molecular formula is C13H13ClF4N2O. The number of nitrogens with zero attached hydrogens (tertiary/aromatic N) is 1. The topological polar surface area (TPSA) is 42.0 Å². The molecule has 1 aliphatic rings. The molecule has 1 fully saturated rings. The normalized spacial score (nSPS) is 22.9. The van der Waals surface area contributed by atoms with Crippen molar-refractivity contribution in [3.05, 3.63) is 28.8 Å². The Hall–Kier alpha value is -1.37. The van der Waals surface area contributed by atoms with Crippen LogP contribution in [0.2, 0.25) is 5.15 Å². The van der Waals surface area contributed by atoms with Crippen LogP contribution in [-0.4, -0.2) is 23.1 Å². The maximum atomic E-state index is 13.1. The Kier molecular flexibility index (Phi) is 4.70. The van der Waals surface area contributed by atoms with Gasteiger partial charge in [-0.3, -0.25) is 4.79 Å². The standard InChI is InChI=1S/C13H13ClF4N2O/c14-11-8(5-7(15)6-19-11)12(21)20-10-4-2-1-3-9(10)13(16,17)18/h5-6,9-10H,1-4H2,(H,20,21). The summed E-state index contributed by atoms with van der Waals surface area (Å²) in [6, 6.07) is -0.165. The predicted octanol–water partition coefficient (Wildman–Crippen LogP) is 3.73. The van der Waals surface area contributed by atoms with Crippen LogP contribution in [0.15, 0.2) is 12.3 Å². The zero-order valence-corrected chi connectivity index (χ0v) is 11.6. The first-order valence-electron chi connectivity index (χ1n) is 6.47. The van der Waals surface area contributed by atoms with Crippen molar-refractivity contribution in [3.63, 3.8) is 0 Å². The summed E-state index contributed by atoms with van der Waals surface area (Å²) in [6.45, 7) is 0. The van der Waals surface area contributed by atoms with Crippen LogP contribution >= 0.6 is 11.6 Å². The summed E-state index contributed by atoms with van der Waals surface area (Å²) in [5.74, 6) is -3.20. The molecule has 116 valence electrons. The molecular weight excluding hydrogens is 312 g/mol. The summed E-state index contributed by atoms with van der Waals surface area (Å²) in [5.41, 5.74) is -0.261. The Bertz CT molecular complexity index is 535. The van der Waals surface area contributed by atoms with Crippen molar-refractivity contribution in [2.24, 2.45) is 5.92 Å². The number of hydrogen-bond acceptors (Lipinski definition) is 2. The Balaban J connectivity index is 2.15. The molecule has 1 heterocycles. The van der Waals surface area contributed by atoms with Crippen molar-refractivity contribution < 1.29 is 22.4 Å². The largest absolute Gasteiger partial charge is 0.393 e. The molecule has 0 spiro atoms. The molecule has 2 unspecified atom stereocenters. The van der Waals surface area contributed by atoms with E-state index in [0.29, 0.717) is 12.8 Å². The van der Waals surface area contributed by atoms with Crippen molar-refractivity contribution in [1.29, 1.82) is 0 Å². The van der Waals surface area contributed by atoms with Crippen LogP contribution in [0.1, 0.15) is 36.0 Å². The summed E-state index contributed by atoms with van der Waals surface area (Å²) >= 11 is 5.67. The third-order valence-corrected chi connectivity index (χ3v) is 3.85. The first-order chi connectivity index (χ1) is 9.79. The van der Waals surface area contributed by atoms with Crippen molar-refractivity contribution >= 4 is 17.5 Å². The second kappa shape index (κ2) is 6.17. The molecule has 1 amide bonds. The summed E-state index contributed by atoms with van der Waals surface area (Å²) in [5, 5.41) is 2.07. The molecule has 1 aliphatic carbocycles. The first-order valence-corrected chi connectivity index (χ1v) is 6.85. The van der Waals surface area contributed by atoms with Crippen molar-refractivity contribution in [3.8, 4) is 0 Å². The molecule has 3 nitrogen and oxygen atoms in total. The lowest BCUT2D eigenvalue weighted by atomic mass is 9.84. The third kappa shape index (κ3) is 3.84. The number of rotatable bonds is 2. The number of halogens is 5. The molecule has 0 radical (unpaired) electrons. The van der Waals surface area contributed by atoms with E-state index >= 15 is 0 Å². The first kappa shape index (κ1) is 16.0. The van der Waals surface area contributed by atoms with E-state index in [-0.39, 0.29) is 23.6 Å². The van der Waals surface area contributed by atoms with Gasteiger partial charge >= 0.3 is 6.18 Å². The van der Waals surface area contributed by atoms with Gasteiger partial charge in [0, 0.05) is 6.04 Å². The summed E-state index contributed by atoms with van der Waals surface area (Å²) < 4.78 is 51.9. The third-order valence-electron chi connectivity index (χ3n) is 3.55. The fourth-order valence-electron chi connectivity index (χ4n) is 2.52. The SMILES string of the molecule is O=C(NC1CCCCC1C(F)(F)F)c1cc(F)cnc1Cl. The molecule has 21 heavy (non-hydrogen) atoms. The number of aromatic nitrogens is 1. The highest BCUT2D eigenvalue weighted by Gasteiger charge is 2.46. The van der Waals surface area contributed by atoms with Gasteiger partial charge in [0.05, 0.1) is 17.7 Å². The van der Waals surface area contributed by atoms with Gasteiger partial charge in [-0.05, 0) is 18.9 Å². The van der Waals surface area contributed by atoms with E-state index in [2.05, 4.69) is 10.3 Å². The minimum absolute atomic E-state index is 0.0242. The van der Waals surface area contributed by atoms with Gasteiger partial charge in [0.25, 0.3) is 5.91 Å². The molecule has 0 saturated heterocycles. The highest BCUT2D eigenvalue weighted by Crippen LogP contribution is 2.37. The second-order valence-electron chi connectivity index (χ2n) is 5.00. The van der Waals surface area contributed by atoms with Gasteiger partial charge in [0.15, 0.2) is 0 Å². The maximum absolute atomic E-state index is 13.1. The monoisotopic (exact) mass is 324 g/mol. The molecule has 1 saturated carbocycles. The van der Waals surface area contributed by atoms with Crippen LogP contribution in [0.5, 0.6) is 0 Å². The van der Waals surface area contributed by atoms with Gasteiger partial charge in [0.1, 0.15) is 11.0 Å². The molecule has 8 heteroatoms. The Morgan fingerprint density at radius 1 is 1.33 bits per heavy atom. The fraction of sp³-hybridized carbons (Fsp3) is 0.538. The summed E-state index contributed by atoms with van der Waals surface area (Å²) in [6.07, 6.45) is -2.26. The van der Waals surface area contributed by atoms with E-state index in [1.54, 1.807) is 0 Å². The quantitative estimate of drug-likeness (QED) is 0.665. The number of carbonyl (C=O) groups excluding carboxylic acids is 1. The average Bonchev–Trinajstić information content (AvgIpc) is 2.41. The van der Waals surface area contributed by atoms with Crippen LogP contribution in [0.25, 0.3) is 0 Å². The molecule has 1 aromatic heterocycles. The van der Waals surface area contributed by atoms with Crippen LogP contribution in [0.4, 0.5) is 17.6 Å². The van der Waals surface area contributed by atoms with E-state index in [9.17, 15) is 22.4 Å². The fourth-order valence-corrected chi connectivity index (χ4v) is 2.71. The lowest BCUT2D eigenvalue weighted by Gasteiger charge is -2.33. The van der Waals surface area contributed by atoms with Crippen LogP contribution < -0.4 is 5.32 Å². The number of carbonyl (C=O) groups is 1. The van der Waals surface area contributed by atoms with Gasteiger partial charge in [-0.2, -0.15) is 13.2 Å². The predicted molar refractivity (Wildman–Crippen MR) is 68.5 cm³/mol. The van der Waals surface area contributed by atoms with Gasteiger partial charge < -0.3 is 5.32 Å². The number of pyridine rings is 1. The molecule has 1 N–H and O–H groups in total. The minimum Gasteiger partial charge on any atom is -0.349 e. The lowest BCUT2D eigenvalue weighted by molar-refractivity contribution is -0.187. The van der Waals surface area contributed by atoms with Gasteiger partial charge in [0.2, 0.25) is 0 Å². The van der Waals surface area contributed by atoms with E-state index in [0.717, 1.165) is 12.3 Å². The van der Waals surface area contributed by atoms with Crippen molar-refractivity contribution in [2.45, 2.75) is 37.9 Å². The van der Waals surface area contributed by atoms with Gasteiger partial charge in [-0.25, -0.2) is 9.37 Å². The van der Waals surface area contributed by atoms with Gasteiger partial charge in [-0.1, -0.05) is 24.4 Å². The van der Waals surface area contributed by atoms with Crippen LogP contribution in [-0.2, 0) is 0 Å². The second-order valence-corrected chi connectivity index (χ2v) is 5.36. The molecule has 1 aromatic rings. The zero-order chi connectivity index (χ0) is 15.6. The average molecular weight is 325 g/mol. The number of nitrogens with one attached hydrogen (secondary N) is 1.